The van der Waals surface area contributed by atoms with Gasteiger partial charge >= 0.3 is 0 Å². The summed E-state index contributed by atoms with van der Waals surface area (Å²) in [6.07, 6.45) is 2.95. The minimum Gasteiger partial charge on any atom is -0.486 e. The van der Waals surface area contributed by atoms with E-state index in [-0.39, 0.29) is 18.9 Å². The van der Waals surface area contributed by atoms with E-state index in [4.69, 9.17) is 9.84 Å². The number of pyridine rings is 1. The number of para-hydroxylation sites is 1. The summed E-state index contributed by atoms with van der Waals surface area (Å²) in [7, 11) is 0. The fourth-order valence-corrected chi connectivity index (χ4v) is 2.02. The van der Waals surface area contributed by atoms with Crippen LogP contribution in [0.2, 0.25) is 0 Å². The van der Waals surface area contributed by atoms with Gasteiger partial charge in [-0.1, -0.05) is 6.07 Å². The van der Waals surface area contributed by atoms with E-state index >= 15 is 0 Å². The third-order valence-electron chi connectivity index (χ3n) is 3.16. The summed E-state index contributed by atoms with van der Waals surface area (Å²) in [6, 6.07) is 8.57. The monoisotopic (exact) mass is 317 g/mol. The van der Waals surface area contributed by atoms with Crippen molar-refractivity contribution in [3.05, 3.63) is 71.8 Å². The molecule has 0 atom stereocenters. The summed E-state index contributed by atoms with van der Waals surface area (Å²) in [5.74, 6) is -0.873. The molecular weight excluding hydrogens is 304 g/mol. The van der Waals surface area contributed by atoms with Crippen molar-refractivity contribution < 1.29 is 18.6 Å². The standard InChI is InChI=1S/C16H13F2N3O2/c17-14-2-1-3-15(18)16(14)21-7-6-12(20-21)10-23-13-5-4-11(9-22)19-8-13/h1-8,22H,9-10H2. The number of ether oxygens (including phenoxy) is 1. The molecular formula is C16H13F2N3O2. The fraction of sp³-hybridized carbons (Fsp3) is 0.125. The van der Waals surface area contributed by atoms with Crippen LogP contribution in [0, 0.1) is 11.6 Å². The Kier molecular flexibility index (Phi) is 4.29. The predicted molar refractivity (Wildman–Crippen MR) is 78.0 cm³/mol. The van der Waals surface area contributed by atoms with Gasteiger partial charge in [0.05, 0.1) is 18.5 Å². The molecule has 0 saturated heterocycles. The minimum absolute atomic E-state index is 0.128. The van der Waals surface area contributed by atoms with E-state index in [1.54, 1.807) is 18.2 Å². The van der Waals surface area contributed by atoms with Crippen LogP contribution in [0.15, 0.2) is 48.8 Å². The maximum Gasteiger partial charge on any atom is 0.151 e. The summed E-state index contributed by atoms with van der Waals surface area (Å²) in [5, 5.41) is 13.0. The molecule has 0 aliphatic heterocycles. The molecule has 0 spiro atoms. The molecule has 5 nitrogen and oxygen atoms in total. The van der Waals surface area contributed by atoms with Gasteiger partial charge in [0.25, 0.3) is 0 Å². The van der Waals surface area contributed by atoms with Crippen molar-refractivity contribution in [1.29, 1.82) is 0 Å². The van der Waals surface area contributed by atoms with Crippen molar-refractivity contribution in [2.45, 2.75) is 13.2 Å². The van der Waals surface area contributed by atoms with E-state index in [1.807, 2.05) is 0 Å². The van der Waals surface area contributed by atoms with E-state index in [0.717, 1.165) is 4.68 Å². The number of aliphatic hydroxyl groups is 1. The summed E-state index contributed by atoms with van der Waals surface area (Å²) in [6.45, 7) is -0.0118. The van der Waals surface area contributed by atoms with E-state index in [2.05, 4.69) is 10.1 Å². The van der Waals surface area contributed by atoms with E-state index in [1.165, 1.54) is 30.6 Å². The molecule has 3 aromatic rings. The Morgan fingerprint density at radius 2 is 1.83 bits per heavy atom. The van der Waals surface area contributed by atoms with Crippen molar-refractivity contribution in [2.75, 3.05) is 0 Å². The Hall–Kier alpha value is -2.80. The Morgan fingerprint density at radius 3 is 2.48 bits per heavy atom. The lowest BCUT2D eigenvalue weighted by Gasteiger charge is -2.05. The van der Waals surface area contributed by atoms with Crippen molar-refractivity contribution in [3.8, 4) is 11.4 Å². The lowest BCUT2D eigenvalue weighted by Crippen LogP contribution is -2.04. The van der Waals surface area contributed by atoms with Gasteiger partial charge in [-0.15, -0.1) is 0 Å². The molecule has 0 bridgehead atoms. The molecule has 2 heterocycles. The zero-order valence-corrected chi connectivity index (χ0v) is 12.0. The Bertz CT molecular complexity index is 783. The SMILES string of the molecule is OCc1ccc(OCc2ccn(-c3c(F)cccc3F)n2)cn1. The number of rotatable bonds is 5. The topological polar surface area (TPSA) is 60.2 Å². The van der Waals surface area contributed by atoms with E-state index in [0.29, 0.717) is 17.1 Å². The zero-order chi connectivity index (χ0) is 16.2. The van der Waals surface area contributed by atoms with Crippen LogP contribution in [0.25, 0.3) is 5.69 Å². The molecule has 0 fully saturated rings. The number of hydrogen-bond donors (Lipinski definition) is 1. The normalized spacial score (nSPS) is 10.7. The van der Waals surface area contributed by atoms with E-state index in [9.17, 15) is 8.78 Å². The summed E-state index contributed by atoms with van der Waals surface area (Å²) in [5.41, 5.74) is 0.822. The number of aliphatic hydroxyl groups excluding tert-OH is 1. The van der Waals surface area contributed by atoms with Crippen LogP contribution in [0.3, 0.4) is 0 Å². The highest BCUT2D eigenvalue weighted by atomic mass is 19.1. The Balaban J connectivity index is 1.72. The quantitative estimate of drug-likeness (QED) is 0.786. The predicted octanol–water partition coefficient (Wildman–Crippen LogP) is 2.62. The average Bonchev–Trinajstić information content (AvgIpc) is 3.02. The van der Waals surface area contributed by atoms with E-state index < -0.39 is 11.6 Å². The van der Waals surface area contributed by atoms with Crippen molar-refractivity contribution >= 4 is 0 Å². The molecule has 0 amide bonds. The third-order valence-corrected chi connectivity index (χ3v) is 3.16. The maximum atomic E-state index is 13.7. The molecule has 118 valence electrons. The third kappa shape index (κ3) is 3.35. The number of halogens is 2. The van der Waals surface area contributed by atoms with Crippen molar-refractivity contribution in [3.63, 3.8) is 0 Å². The molecule has 0 radical (unpaired) electrons. The van der Waals surface area contributed by atoms with Crippen molar-refractivity contribution in [2.24, 2.45) is 0 Å². The van der Waals surface area contributed by atoms with Crippen LogP contribution in [-0.2, 0) is 13.2 Å². The van der Waals surface area contributed by atoms with Crippen LogP contribution in [-0.4, -0.2) is 19.9 Å². The van der Waals surface area contributed by atoms with Gasteiger partial charge in [0.15, 0.2) is 11.6 Å². The lowest BCUT2D eigenvalue weighted by atomic mass is 10.3. The lowest BCUT2D eigenvalue weighted by molar-refractivity contribution is 0.274. The molecule has 23 heavy (non-hydrogen) atoms. The van der Waals surface area contributed by atoms with Crippen LogP contribution >= 0.6 is 0 Å². The first-order chi connectivity index (χ1) is 11.2. The first-order valence-corrected chi connectivity index (χ1v) is 6.85. The van der Waals surface area contributed by atoms with Crippen LogP contribution in [0.1, 0.15) is 11.4 Å². The summed E-state index contributed by atoms with van der Waals surface area (Å²) < 4.78 is 34.0. The second-order valence-corrected chi connectivity index (χ2v) is 4.75. The second-order valence-electron chi connectivity index (χ2n) is 4.75. The van der Waals surface area contributed by atoms with Crippen LogP contribution in [0.5, 0.6) is 5.75 Å². The highest BCUT2D eigenvalue weighted by molar-refractivity contribution is 5.34. The van der Waals surface area contributed by atoms with Gasteiger partial charge in [-0.3, -0.25) is 4.98 Å². The van der Waals surface area contributed by atoms with Crippen LogP contribution in [0.4, 0.5) is 8.78 Å². The molecule has 0 unspecified atom stereocenters. The Morgan fingerprint density at radius 1 is 1.04 bits per heavy atom. The zero-order valence-electron chi connectivity index (χ0n) is 12.0. The van der Waals surface area contributed by atoms with Gasteiger partial charge in [-0.25, -0.2) is 13.5 Å². The van der Waals surface area contributed by atoms with Crippen molar-refractivity contribution in [1.82, 2.24) is 14.8 Å². The molecule has 3 rings (SSSR count). The summed E-state index contributed by atoms with van der Waals surface area (Å²) in [4.78, 5) is 3.99. The number of nitrogens with zero attached hydrogens (tertiary/aromatic N) is 3. The summed E-state index contributed by atoms with van der Waals surface area (Å²) >= 11 is 0. The molecule has 2 aromatic heterocycles. The average molecular weight is 317 g/mol. The molecule has 0 saturated carbocycles. The minimum atomic E-state index is -0.690. The van der Waals surface area contributed by atoms with Gasteiger partial charge < -0.3 is 9.84 Å². The number of hydrogen-bond acceptors (Lipinski definition) is 4. The molecule has 0 aliphatic rings. The smallest absolute Gasteiger partial charge is 0.151 e. The highest BCUT2D eigenvalue weighted by Crippen LogP contribution is 2.17. The number of benzene rings is 1. The van der Waals surface area contributed by atoms with Crippen LogP contribution < -0.4 is 4.74 Å². The molecule has 0 aliphatic carbocycles. The Labute approximate surface area is 130 Å². The second kappa shape index (κ2) is 6.53. The largest absolute Gasteiger partial charge is 0.486 e. The van der Waals surface area contributed by atoms with Gasteiger partial charge in [0.2, 0.25) is 0 Å². The number of aromatic nitrogens is 3. The van der Waals surface area contributed by atoms with Gasteiger partial charge in [-0.05, 0) is 30.3 Å². The highest BCUT2D eigenvalue weighted by Gasteiger charge is 2.12. The molecule has 7 heteroatoms. The first-order valence-electron chi connectivity index (χ1n) is 6.85. The first kappa shape index (κ1) is 15.1. The van der Waals surface area contributed by atoms with Gasteiger partial charge in [0, 0.05) is 6.20 Å². The van der Waals surface area contributed by atoms with Gasteiger partial charge in [0.1, 0.15) is 23.7 Å². The van der Waals surface area contributed by atoms with Gasteiger partial charge in [-0.2, -0.15) is 5.10 Å². The molecule has 1 aromatic carbocycles. The fourth-order valence-electron chi connectivity index (χ4n) is 2.02. The maximum absolute atomic E-state index is 13.7. The molecule has 1 N–H and O–H groups in total.